The minimum absolute atomic E-state index is 0.0298. The molecule has 0 heterocycles. The van der Waals surface area contributed by atoms with Crippen molar-refractivity contribution in [1.29, 1.82) is 0 Å². The summed E-state index contributed by atoms with van der Waals surface area (Å²) < 4.78 is 0. The van der Waals surface area contributed by atoms with Crippen LogP contribution in [-0.4, -0.2) is 24.1 Å². The first-order chi connectivity index (χ1) is 9.94. The second-order valence-electron chi connectivity index (χ2n) is 6.07. The van der Waals surface area contributed by atoms with Crippen LogP contribution in [0, 0.1) is 5.41 Å². The monoisotopic (exact) mass is 286 g/mol. The molecule has 2 rings (SSSR count). The van der Waals surface area contributed by atoms with Gasteiger partial charge in [0.05, 0.1) is 5.56 Å². The Labute approximate surface area is 125 Å². The third-order valence-corrected chi connectivity index (χ3v) is 3.69. The van der Waals surface area contributed by atoms with Gasteiger partial charge in [-0.15, -0.1) is 0 Å². The number of aromatic hydroxyl groups is 1. The summed E-state index contributed by atoms with van der Waals surface area (Å²) >= 11 is 0. The van der Waals surface area contributed by atoms with E-state index < -0.39 is 0 Å². The van der Waals surface area contributed by atoms with E-state index in [-0.39, 0.29) is 17.1 Å². The second kappa shape index (κ2) is 6.14. The molecule has 0 radical (unpaired) electrons. The normalized spacial score (nSPS) is 11.6. The first-order valence-electron chi connectivity index (χ1n) is 7.13. The molecule has 2 aromatic carbocycles. The Morgan fingerprint density at radius 3 is 2.67 bits per heavy atom. The molecule has 0 spiro atoms. The van der Waals surface area contributed by atoms with E-state index in [1.54, 1.807) is 12.1 Å². The molecule has 112 valence electrons. The maximum absolute atomic E-state index is 12.3. The van der Waals surface area contributed by atoms with Gasteiger partial charge in [-0.25, -0.2) is 0 Å². The summed E-state index contributed by atoms with van der Waals surface area (Å²) in [6, 6.07) is 10.9. The molecule has 0 atom stereocenters. The molecule has 0 saturated carbocycles. The molecule has 0 aliphatic heterocycles. The van der Waals surface area contributed by atoms with Crippen molar-refractivity contribution >= 4 is 16.7 Å². The molecule has 4 heteroatoms. The van der Waals surface area contributed by atoms with Gasteiger partial charge < -0.3 is 16.2 Å². The number of phenols is 1. The smallest absolute Gasteiger partial charge is 0.255 e. The molecular formula is C17H22N2O2. The van der Waals surface area contributed by atoms with Crippen LogP contribution in [0.4, 0.5) is 0 Å². The summed E-state index contributed by atoms with van der Waals surface area (Å²) in [6.07, 6.45) is 0.830. The number of phenolic OH excluding ortho intramolecular Hbond substituents is 1. The van der Waals surface area contributed by atoms with E-state index in [2.05, 4.69) is 19.2 Å². The molecule has 1 amide bonds. The number of amides is 1. The maximum atomic E-state index is 12.3. The number of rotatable bonds is 5. The molecule has 0 fully saturated rings. The first kappa shape index (κ1) is 15.3. The Morgan fingerprint density at radius 2 is 1.95 bits per heavy atom. The first-order valence-corrected chi connectivity index (χ1v) is 7.13. The molecular weight excluding hydrogens is 264 g/mol. The van der Waals surface area contributed by atoms with Gasteiger partial charge in [0, 0.05) is 11.9 Å². The van der Waals surface area contributed by atoms with E-state index in [1.807, 2.05) is 24.3 Å². The van der Waals surface area contributed by atoms with Gasteiger partial charge in [0.1, 0.15) is 5.75 Å². The van der Waals surface area contributed by atoms with Crippen molar-refractivity contribution in [3.05, 3.63) is 42.0 Å². The zero-order valence-corrected chi connectivity index (χ0v) is 12.5. The molecule has 0 aromatic heterocycles. The lowest BCUT2D eigenvalue weighted by Crippen LogP contribution is -2.35. The minimum Gasteiger partial charge on any atom is -0.506 e. The summed E-state index contributed by atoms with van der Waals surface area (Å²) in [5, 5.41) is 14.7. The van der Waals surface area contributed by atoms with Gasteiger partial charge in [-0.2, -0.15) is 0 Å². The van der Waals surface area contributed by atoms with Gasteiger partial charge in [-0.05, 0) is 29.8 Å². The Balaban J connectivity index is 2.18. The molecule has 0 aliphatic carbocycles. The summed E-state index contributed by atoms with van der Waals surface area (Å²) in [7, 11) is 0. The summed E-state index contributed by atoms with van der Waals surface area (Å²) in [6.45, 7) is 5.22. The average molecular weight is 286 g/mol. The lowest BCUT2D eigenvalue weighted by Gasteiger charge is -2.24. The summed E-state index contributed by atoms with van der Waals surface area (Å²) in [4.78, 5) is 12.3. The van der Waals surface area contributed by atoms with Crippen LogP contribution in [0.1, 0.15) is 30.6 Å². The van der Waals surface area contributed by atoms with Crippen LogP contribution in [-0.2, 0) is 0 Å². The van der Waals surface area contributed by atoms with Crippen LogP contribution in [0.2, 0.25) is 0 Å². The molecule has 21 heavy (non-hydrogen) atoms. The largest absolute Gasteiger partial charge is 0.506 e. The summed E-state index contributed by atoms with van der Waals surface area (Å²) in [5.41, 5.74) is 5.81. The number of hydrogen-bond acceptors (Lipinski definition) is 3. The topological polar surface area (TPSA) is 75.3 Å². The van der Waals surface area contributed by atoms with E-state index >= 15 is 0 Å². The quantitative estimate of drug-likeness (QED) is 0.791. The molecule has 0 bridgehead atoms. The highest BCUT2D eigenvalue weighted by Crippen LogP contribution is 2.28. The van der Waals surface area contributed by atoms with E-state index in [9.17, 15) is 9.90 Å². The van der Waals surface area contributed by atoms with Crippen molar-refractivity contribution in [1.82, 2.24) is 5.32 Å². The molecule has 0 saturated heterocycles. The second-order valence-corrected chi connectivity index (χ2v) is 6.07. The van der Waals surface area contributed by atoms with E-state index in [0.29, 0.717) is 24.0 Å². The SMILES string of the molecule is CC(C)(CCN)CNC(=O)c1ccc2ccccc2c1O. The highest BCUT2D eigenvalue weighted by Gasteiger charge is 2.20. The number of fused-ring (bicyclic) bond motifs is 1. The van der Waals surface area contributed by atoms with Crippen LogP contribution < -0.4 is 11.1 Å². The number of carbonyl (C=O) groups is 1. The van der Waals surface area contributed by atoms with Crippen LogP contribution in [0.15, 0.2) is 36.4 Å². The minimum atomic E-state index is -0.261. The number of nitrogens with two attached hydrogens (primary N) is 1. The Kier molecular flexibility index (Phi) is 4.48. The van der Waals surface area contributed by atoms with Crippen molar-refractivity contribution in [3.63, 3.8) is 0 Å². The molecule has 0 aliphatic rings. The number of nitrogens with one attached hydrogen (secondary N) is 1. The van der Waals surface area contributed by atoms with Gasteiger partial charge in [-0.3, -0.25) is 4.79 Å². The number of hydrogen-bond donors (Lipinski definition) is 3. The van der Waals surface area contributed by atoms with E-state index in [0.717, 1.165) is 11.8 Å². The fourth-order valence-corrected chi connectivity index (χ4v) is 2.33. The van der Waals surface area contributed by atoms with Gasteiger partial charge in [-0.1, -0.05) is 44.2 Å². The van der Waals surface area contributed by atoms with Crippen LogP contribution in [0.5, 0.6) is 5.75 Å². The Morgan fingerprint density at radius 1 is 1.24 bits per heavy atom. The zero-order valence-electron chi connectivity index (χ0n) is 12.5. The molecule has 4 N–H and O–H groups in total. The fourth-order valence-electron chi connectivity index (χ4n) is 2.33. The highest BCUT2D eigenvalue weighted by molar-refractivity contribution is 6.03. The van der Waals surface area contributed by atoms with Crippen molar-refractivity contribution in [2.75, 3.05) is 13.1 Å². The van der Waals surface area contributed by atoms with Gasteiger partial charge in [0.2, 0.25) is 0 Å². The Bertz CT molecular complexity index is 650. The van der Waals surface area contributed by atoms with Crippen molar-refractivity contribution in [2.45, 2.75) is 20.3 Å². The van der Waals surface area contributed by atoms with E-state index in [1.165, 1.54) is 0 Å². The van der Waals surface area contributed by atoms with Crippen LogP contribution >= 0.6 is 0 Å². The molecule has 2 aromatic rings. The number of benzene rings is 2. The van der Waals surface area contributed by atoms with E-state index in [4.69, 9.17) is 5.73 Å². The van der Waals surface area contributed by atoms with Crippen molar-refractivity contribution < 1.29 is 9.90 Å². The lowest BCUT2D eigenvalue weighted by atomic mass is 9.89. The van der Waals surface area contributed by atoms with Crippen molar-refractivity contribution in [3.8, 4) is 5.75 Å². The van der Waals surface area contributed by atoms with Crippen LogP contribution in [0.3, 0.4) is 0 Å². The lowest BCUT2D eigenvalue weighted by molar-refractivity contribution is 0.0932. The van der Waals surface area contributed by atoms with Crippen LogP contribution in [0.25, 0.3) is 10.8 Å². The Hall–Kier alpha value is -2.07. The van der Waals surface area contributed by atoms with Crippen molar-refractivity contribution in [2.24, 2.45) is 11.1 Å². The maximum Gasteiger partial charge on any atom is 0.255 e. The standard InChI is InChI=1S/C17H22N2O2/c1-17(2,9-10-18)11-19-16(21)14-8-7-12-5-3-4-6-13(12)15(14)20/h3-8,20H,9-11,18H2,1-2H3,(H,19,21). The predicted octanol–water partition coefficient (Wildman–Crippen LogP) is 2.65. The van der Waals surface area contributed by atoms with Gasteiger partial charge >= 0.3 is 0 Å². The zero-order chi connectivity index (χ0) is 15.5. The van der Waals surface area contributed by atoms with Gasteiger partial charge in [0.15, 0.2) is 0 Å². The number of carbonyl (C=O) groups excluding carboxylic acids is 1. The highest BCUT2D eigenvalue weighted by atomic mass is 16.3. The average Bonchev–Trinajstić information content (AvgIpc) is 2.45. The summed E-state index contributed by atoms with van der Waals surface area (Å²) in [5.74, 6) is -0.231. The fraction of sp³-hybridized carbons (Fsp3) is 0.353. The third kappa shape index (κ3) is 3.52. The molecule has 4 nitrogen and oxygen atoms in total. The van der Waals surface area contributed by atoms with Gasteiger partial charge in [0.25, 0.3) is 5.91 Å². The third-order valence-electron chi connectivity index (χ3n) is 3.69. The molecule has 0 unspecified atom stereocenters. The predicted molar refractivity (Wildman–Crippen MR) is 85.4 cm³/mol.